The molecule has 2 unspecified atom stereocenters. The first-order valence-corrected chi connectivity index (χ1v) is 18.8. The zero-order valence-electron chi connectivity index (χ0n) is 30.4. The van der Waals surface area contributed by atoms with E-state index < -0.39 is 5.97 Å². The SMILES string of the molecule is C=Cc1nc(NC(=O)c2ccc(O)c3c2CN(c2ccc(-c4cnn(CC56CC7(C)CC(C)(C5)CC(ON)(C7)C6)c4C)c(C(=O)O)n2)CC3)sc1C=C. The highest BCUT2D eigenvalue weighted by atomic mass is 32.1. The molecule has 4 fully saturated rings. The first kappa shape index (κ1) is 35.2. The van der Waals surface area contributed by atoms with Crippen LogP contribution in [0.5, 0.6) is 5.75 Å². The zero-order valence-corrected chi connectivity index (χ0v) is 31.2. The van der Waals surface area contributed by atoms with Gasteiger partial charge in [-0.25, -0.2) is 20.7 Å². The van der Waals surface area contributed by atoms with E-state index in [2.05, 4.69) is 42.3 Å². The highest BCUT2D eigenvalue weighted by Crippen LogP contribution is 2.71. The predicted molar refractivity (Wildman–Crippen MR) is 205 cm³/mol. The van der Waals surface area contributed by atoms with Crippen LogP contribution in [0.1, 0.15) is 101 Å². The highest BCUT2D eigenvalue weighted by molar-refractivity contribution is 7.16. The van der Waals surface area contributed by atoms with Gasteiger partial charge in [0.15, 0.2) is 10.8 Å². The van der Waals surface area contributed by atoms with Crippen molar-refractivity contribution in [2.24, 2.45) is 22.1 Å². The number of anilines is 2. The third kappa shape index (κ3) is 5.95. The van der Waals surface area contributed by atoms with E-state index in [9.17, 15) is 19.8 Å². The number of aromatic nitrogens is 4. The second-order valence-corrected chi connectivity index (χ2v) is 17.6. The van der Waals surface area contributed by atoms with Crippen molar-refractivity contribution in [2.45, 2.75) is 84.4 Å². The summed E-state index contributed by atoms with van der Waals surface area (Å²) in [5, 5.41) is 29.3. The van der Waals surface area contributed by atoms with Crippen LogP contribution in [0.3, 0.4) is 0 Å². The molecule has 1 amide bonds. The minimum atomic E-state index is -1.14. The summed E-state index contributed by atoms with van der Waals surface area (Å²) in [5.74, 6) is 5.05. The number of nitrogens with zero attached hydrogens (tertiary/aromatic N) is 5. The smallest absolute Gasteiger partial charge is 0.355 e. The minimum Gasteiger partial charge on any atom is -0.508 e. The number of fused-ring (bicyclic) bond motifs is 1. The number of hydrogen-bond acceptors (Lipinski definition) is 10. The number of aromatic hydroxyl groups is 1. The molecule has 4 aliphatic carbocycles. The van der Waals surface area contributed by atoms with Crippen molar-refractivity contribution in [2.75, 3.05) is 16.8 Å². The highest BCUT2D eigenvalue weighted by Gasteiger charge is 2.66. The maximum absolute atomic E-state index is 13.6. The number of carboxylic acids is 1. The number of aromatic carboxylic acids is 1. The lowest BCUT2D eigenvalue weighted by molar-refractivity contribution is -0.250. The number of pyridine rings is 1. The number of rotatable bonds is 10. The van der Waals surface area contributed by atoms with Gasteiger partial charge in [-0.3, -0.25) is 19.6 Å². The van der Waals surface area contributed by atoms with Crippen molar-refractivity contribution in [1.29, 1.82) is 0 Å². The first-order valence-electron chi connectivity index (χ1n) is 18.0. The monoisotopic (exact) mass is 735 g/mol. The fourth-order valence-corrected chi connectivity index (χ4v) is 12.0. The molecule has 4 bridgehead atoms. The molecule has 12 nitrogen and oxygen atoms in total. The molecule has 0 spiro atoms. The van der Waals surface area contributed by atoms with E-state index in [1.807, 2.05) is 22.6 Å². The van der Waals surface area contributed by atoms with Gasteiger partial charge in [0.1, 0.15) is 11.6 Å². The Balaban J connectivity index is 1.06. The molecule has 4 heterocycles. The maximum Gasteiger partial charge on any atom is 0.355 e. The van der Waals surface area contributed by atoms with E-state index in [1.54, 1.807) is 30.5 Å². The van der Waals surface area contributed by atoms with Crippen LogP contribution in [-0.2, 0) is 24.3 Å². The molecule has 9 rings (SSSR count). The number of nitrogens with two attached hydrogens (primary N) is 1. The van der Waals surface area contributed by atoms with Crippen LogP contribution in [0.25, 0.3) is 23.3 Å². The molecule has 5 N–H and O–H groups in total. The maximum atomic E-state index is 13.6. The summed E-state index contributed by atoms with van der Waals surface area (Å²) >= 11 is 1.29. The molecule has 1 aliphatic heterocycles. The summed E-state index contributed by atoms with van der Waals surface area (Å²) in [6, 6.07) is 6.74. The number of thiazole rings is 1. The predicted octanol–water partition coefficient (Wildman–Crippen LogP) is 7.22. The topological polar surface area (TPSA) is 169 Å². The number of amides is 1. The Hall–Kier alpha value is -4.85. The van der Waals surface area contributed by atoms with E-state index in [0.717, 1.165) is 48.2 Å². The fourth-order valence-electron chi connectivity index (χ4n) is 11.2. The summed E-state index contributed by atoms with van der Waals surface area (Å²) < 4.78 is 2.03. The number of carbonyl (C=O) groups is 2. The molecular weight excluding hydrogens is 691 g/mol. The first-order chi connectivity index (χ1) is 25.2. The van der Waals surface area contributed by atoms with Gasteiger partial charge in [0.2, 0.25) is 0 Å². The number of nitrogens with one attached hydrogen (secondary N) is 1. The van der Waals surface area contributed by atoms with Gasteiger partial charge in [-0.2, -0.15) is 5.10 Å². The molecule has 0 saturated heterocycles. The standard InChI is InChI=1S/C40H45N7O5S/c1-6-29-31(7-2)53-36(43-29)45-34(49)26-8-10-30(48)24-12-13-46(15-28(24)26)32-11-9-25(33(44-32)35(50)51)27-14-42-47(23(27)3)22-39-17-37(4)16-38(5,18-39)20-40(19-37,21-39)52-41/h6-11,14,48H,1-2,12-13,15-22,41H2,3-5H3,(H,50,51)(H,43,45,49). The molecule has 5 aliphatic rings. The van der Waals surface area contributed by atoms with Gasteiger partial charge < -0.3 is 15.1 Å². The van der Waals surface area contributed by atoms with E-state index in [1.165, 1.54) is 23.8 Å². The Labute approximate surface area is 312 Å². The minimum absolute atomic E-state index is 0.0124. The summed E-state index contributed by atoms with van der Waals surface area (Å²) in [6.45, 7) is 15.8. The molecule has 3 aromatic heterocycles. The summed E-state index contributed by atoms with van der Waals surface area (Å²) in [7, 11) is 0. The lowest BCUT2D eigenvalue weighted by Crippen LogP contribution is -2.65. The van der Waals surface area contributed by atoms with E-state index in [0.29, 0.717) is 58.4 Å². The van der Waals surface area contributed by atoms with Gasteiger partial charge in [-0.1, -0.05) is 38.3 Å². The van der Waals surface area contributed by atoms with Crippen molar-refractivity contribution in [3.05, 3.63) is 82.3 Å². The van der Waals surface area contributed by atoms with Gasteiger partial charge in [-0.15, -0.1) is 0 Å². The average molecular weight is 736 g/mol. The summed E-state index contributed by atoms with van der Waals surface area (Å²) in [6.07, 6.45) is 11.7. The van der Waals surface area contributed by atoms with Crippen molar-refractivity contribution < 1.29 is 24.6 Å². The third-order valence-corrected chi connectivity index (χ3v) is 13.1. The van der Waals surface area contributed by atoms with Crippen LogP contribution < -0.4 is 16.1 Å². The summed E-state index contributed by atoms with van der Waals surface area (Å²) in [5.41, 5.74) is 4.36. The molecule has 2 atom stereocenters. The van der Waals surface area contributed by atoms with Crippen LogP contribution in [-0.4, -0.2) is 54.0 Å². The van der Waals surface area contributed by atoms with Crippen molar-refractivity contribution >= 4 is 46.3 Å². The summed E-state index contributed by atoms with van der Waals surface area (Å²) in [4.78, 5) is 44.0. The van der Waals surface area contributed by atoms with Gasteiger partial charge in [0, 0.05) is 47.6 Å². The molecule has 53 heavy (non-hydrogen) atoms. The number of benzene rings is 1. The number of carboxylic acid groups (broad SMARTS) is 1. The largest absolute Gasteiger partial charge is 0.508 e. The molecule has 276 valence electrons. The van der Waals surface area contributed by atoms with E-state index in [4.69, 9.17) is 15.8 Å². The van der Waals surface area contributed by atoms with Gasteiger partial charge in [-0.05, 0) is 110 Å². The Kier molecular flexibility index (Phi) is 8.21. The van der Waals surface area contributed by atoms with Gasteiger partial charge in [0.05, 0.1) is 22.4 Å². The molecule has 13 heteroatoms. The van der Waals surface area contributed by atoms with E-state index >= 15 is 0 Å². The molecule has 4 aromatic rings. The van der Waals surface area contributed by atoms with Crippen molar-refractivity contribution in [1.82, 2.24) is 19.7 Å². The van der Waals surface area contributed by atoms with Crippen molar-refractivity contribution in [3.63, 3.8) is 0 Å². The molecular formula is C40H45N7O5S. The normalized spacial score (nSPS) is 27.1. The Morgan fingerprint density at radius 2 is 1.77 bits per heavy atom. The average Bonchev–Trinajstić information content (AvgIpc) is 3.67. The molecule has 0 radical (unpaired) electrons. The third-order valence-electron chi connectivity index (χ3n) is 12.1. The van der Waals surface area contributed by atoms with Gasteiger partial charge >= 0.3 is 5.97 Å². The lowest BCUT2D eigenvalue weighted by atomic mass is 9.39. The lowest BCUT2D eigenvalue weighted by Gasteiger charge is -2.68. The molecule has 4 saturated carbocycles. The van der Waals surface area contributed by atoms with Crippen LogP contribution in [0.2, 0.25) is 0 Å². The number of carbonyl (C=O) groups excluding carboxylic acids is 1. The molecule has 1 aromatic carbocycles. The van der Waals surface area contributed by atoms with Crippen LogP contribution >= 0.6 is 11.3 Å². The Bertz CT molecular complexity index is 2160. The zero-order chi connectivity index (χ0) is 37.5. The second-order valence-electron chi connectivity index (χ2n) is 16.5. The number of hydrogen-bond donors (Lipinski definition) is 4. The Morgan fingerprint density at radius 1 is 1.02 bits per heavy atom. The van der Waals surface area contributed by atoms with Crippen LogP contribution in [0, 0.1) is 23.2 Å². The second kappa shape index (κ2) is 12.4. The number of phenolic OH excluding ortho intramolecular Hbond substituents is 1. The quantitative estimate of drug-likeness (QED) is 0.122. The fraction of sp³-hybridized carbons (Fsp3) is 0.425. The van der Waals surface area contributed by atoms with Gasteiger partial charge in [0.25, 0.3) is 5.91 Å². The van der Waals surface area contributed by atoms with Crippen molar-refractivity contribution in [3.8, 4) is 16.9 Å². The van der Waals surface area contributed by atoms with Crippen LogP contribution in [0.4, 0.5) is 10.9 Å². The van der Waals surface area contributed by atoms with Crippen LogP contribution in [0.15, 0.2) is 43.6 Å². The Morgan fingerprint density at radius 3 is 2.43 bits per heavy atom. The van der Waals surface area contributed by atoms with E-state index in [-0.39, 0.29) is 45.7 Å². The number of phenols is 1.